The molecule has 0 unspecified atom stereocenters. The van der Waals surface area contributed by atoms with Gasteiger partial charge >= 0.3 is 5.97 Å². The first-order chi connectivity index (χ1) is 17.6. The minimum atomic E-state index is -4.36. The number of primary amides is 1. The summed E-state index contributed by atoms with van der Waals surface area (Å²) in [4.78, 5) is 25.8. The predicted molar refractivity (Wildman–Crippen MR) is 145 cm³/mol. The van der Waals surface area contributed by atoms with E-state index in [0.29, 0.717) is 5.56 Å². The molecule has 0 radical (unpaired) electrons. The second-order valence-corrected chi connectivity index (χ2v) is 10.8. The minimum Gasteiger partial charge on any atom is -0.461 e. The highest BCUT2D eigenvalue weighted by molar-refractivity contribution is 7.90. The first kappa shape index (κ1) is 26.5. The predicted octanol–water partition coefficient (Wildman–Crippen LogP) is 5.70. The van der Waals surface area contributed by atoms with Gasteiger partial charge in [0.25, 0.3) is 10.0 Å². The van der Waals surface area contributed by atoms with Gasteiger partial charge in [0.15, 0.2) is 5.69 Å². The largest absolute Gasteiger partial charge is 0.461 e. The van der Waals surface area contributed by atoms with Crippen molar-refractivity contribution in [3.63, 3.8) is 0 Å². The molecule has 0 aliphatic rings. The van der Waals surface area contributed by atoms with Crippen molar-refractivity contribution in [2.45, 2.75) is 18.7 Å². The van der Waals surface area contributed by atoms with Gasteiger partial charge in [0.05, 0.1) is 22.0 Å². The molecule has 0 saturated heterocycles. The molecule has 37 heavy (non-hydrogen) atoms. The molecule has 190 valence electrons. The van der Waals surface area contributed by atoms with Gasteiger partial charge in [-0.3, -0.25) is 4.79 Å². The molecule has 1 aromatic heterocycles. The van der Waals surface area contributed by atoms with Gasteiger partial charge in [0.2, 0.25) is 5.91 Å². The summed E-state index contributed by atoms with van der Waals surface area (Å²) in [6, 6.07) is 17.5. The molecule has 0 atom stereocenters. The number of nitrogens with zero attached hydrogens (tertiary/aromatic N) is 1. The van der Waals surface area contributed by atoms with E-state index in [1.165, 1.54) is 30.3 Å². The van der Waals surface area contributed by atoms with Gasteiger partial charge in [-0.15, -0.1) is 0 Å². The summed E-state index contributed by atoms with van der Waals surface area (Å²) in [6.45, 7) is 3.39. The monoisotopic (exact) mass is 556 g/mol. The highest BCUT2D eigenvalue weighted by Crippen LogP contribution is 2.39. The molecule has 1 heterocycles. The van der Waals surface area contributed by atoms with Gasteiger partial charge in [0, 0.05) is 21.5 Å². The van der Waals surface area contributed by atoms with Crippen LogP contribution in [-0.4, -0.2) is 30.9 Å². The summed E-state index contributed by atoms with van der Waals surface area (Å²) in [6.07, 6.45) is 1.35. The number of ether oxygens (including phenoxy) is 1. The van der Waals surface area contributed by atoms with Gasteiger partial charge in [-0.05, 0) is 49.8 Å². The number of hydrogen-bond donors (Lipinski definition) is 1. The Balaban J connectivity index is 2.19. The SMILES string of the molecule is CCOC(=O)c1c(/C=C(/C(N)=O)c2ccccc2)c2c(Cl)cc(Cl)cc2n1S(=O)(=O)c1ccc(C)cc1. The van der Waals surface area contributed by atoms with E-state index in [2.05, 4.69) is 0 Å². The lowest BCUT2D eigenvalue weighted by molar-refractivity contribution is -0.112. The Bertz CT molecular complexity index is 1660. The minimum absolute atomic E-state index is 0.0239. The van der Waals surface area contributed by atoms with Crippen LogP contribution < -0.4 is 5.73 Å². The van der Waals surface area contributed by atoms with E-state index < -0.39 is 21.9 Å². The van der Waals surface area contributed by atoms with Crippen molar-refractivity contribution in [3.05, 3.63) is 99.2 Å². The first-order valence-electron chi connectivity index (χ1n) is 11.2. The van der Waals surface area contributed by atoms with E-state index in [1.54, 1.807) is 49.4 Å². The zero-order valence-corrected chi connectivity index (χ0v) is 22.2. The van der Waals surface area contributed by atoms with Crippen LogP contribution in [0.5, 0.6) is 0 Å². The van der Waals surface area contributed by atoms with E-state index in [0.717, 1.165) is 9.54 Å². The molecule has 7 nitrogen and oxygen atoms in total. The molecular formula is C27H22Cl2N2O5S. The Morgan fingerprint density at radius 3 is 2.27 bits per heavy atom. The number of benzene rings is 3. The Morgan fingerprint density at radius 2 is 1.68 bits per heavy atom. The van der Waals surface area contributed by atoms with Crippen molar-refractivity contribution in [2.24, 2.45) is 5.73 Å². The van der Waals surface area contributed by atoms with E-state index in [1.807, 2.05) is 6.92 Å². The Kier molecular flexibility index (Phi) is 7.45. The lowest BCUT2D eigenvalue weighted by Gasteiger charge is -2.12. The summed E-state index contributed by atoms with van der Waals surface area (Å²) < 4.78 is 34.1. The molecule has 3 aromatic carbocycles. The van der Waals surface area contributed by atoms with E-state index >= 15 is 0 Å². The average Bonchev–Trinajstić information content (AvgIpc) is 3.18. The van der Waals surface area contributed by atoms with Crippen molar-refractivity contribution < 1.29 is 22.7 Å². The van der Waals surface area contributed by atoms with Crippen LogP contribution in [0.2, 0.25) is 10.0 Å². The van der Waals surface area contributed by atoms with Crippen LogP contribution in [0.3, 0.4) is 0 Å². The van der Waals surface area contributed by atoms with Crippen LogP contribution in [0.1, 0.15) is 34.1 Å². The Hall–Kier alpha value is -3.59. The van der Waals surface area contributed by atoms with E-state index in [4.69, 9.17) is 33.7 Å². The number of hydrogen-bond acceptors (Lipinski definition) is 5. The lowest BCUT2D eigenvalue weighted by Crippen LogP contribution is -2.21. The summed E-state index contributed by atoms with van der Waals surface area (Å²) in [5.74, 6) is -1.71. The van der Waals surface area contributed by atoms with Crippen LogP contribution in [0.4, 0.5) is 0 Å². The van der Waals surface area contributed by atoms with Crippen LogP contribution in [0, 0.1) is 6.92 Å². The summed E-state index contributed by atoms with van der Waals surface area (Å²) in [5.41, 5.74) is 6.84. The molecule has 2 N–H and O–H groups in total. The number of aryl methyl sites for hydroxylation is 1. The Morgan fingerprint density at radius 1 is 1.03 bits per heavy atom. The summed E-state index contributed by atoms with van der Waals surface area (Å²) in [5, 5.41) is 0.424. The molecule has 4 aromatic rings. The topological polar surface area (TPSA) is 108 Å². The highest BCUT2D eigenvalue weighted by atomic mass is 35.5. The first-order valence-corrected chi connectivity index (χ1v) is 13.4. The Labute approximate surface area is 224 Å². The van der Waals surface area contributed by atoms with Gasteiger partial charge < -0.3 is 10.5 Å². The maximum Gasteiger partial charge on any atom is 0.356 e. The fourth-order valence-electron chi connectivity index (χ4n) is 3.99. The number of nitrogens with two attached hydrogens (primary N) is 1. The van der Waals surface area contributed by atoms with Crippen LogP contribution in [-0.2, 0) is 19.6 Å². The quantitative estimate of drug-likeness (QED) is 0.232. The van der Waals surface area contributed by atoms with Crippen molar-refractivity contribution >= 4 is 67.7 Å². The van der Waals surface area contributed by atoms with Crippen LogP contribution >= 0.6 is 23.2 Å². The molecule has 4 rings (SSSR count). The second-order valence-electron chi connectivity index (χ2n) is 8.14. The number of amides is 1. The molecule has 0 spiro atoms. The highest BCUT2D eigenvalue weighted by Gasteiger charge is 2.32. The van der Waals surface area contributed by atoms with Gasteiger partial charge in [0.1, 0.15) is 0 Å². The van der Waals surface area contributed by atoms with Crippen LogP contribution in [0.15, 0.2) is 71.6 Å². The molecule has 0 aliphatic carbocycles. The van der Waals surface area contributed by atoms with E-state index in [-0.39, 0.29) is 49.3 Å². The molecule has 0 aliphatic heterocycles. The van der Waals surface area contributed by atoms with Crippen LogP contribution in [0.25, 0.3) is 22.6 Å². The number of carbonyl (C=O) groups is 2. The fraction of sp³-hybridized carbons (Fsp3) is 0.111. The van der Waals surface area contributed by atoms with Crippen molar-refractivity contribution in [1.29, 1.82) is 0 Å². The maximum absolute atomic E-state index is 14.0. The molecule has 10 heteroatoms. The van der Waals surface area contributed by atoms with Gasteiger partial charge in [-0.1, -0.05) is 71.2 Å². The van der Waals surface area contributed by atoms with Crippen molar-refractivity contribution in [2.75, 3.05) is 6.61 Å². The number of esters is 1. The molecular weight excluding hydrogens is 535 g/mol. The normalized spacial score (nSPS) is 12.1. The van der Waals surface area contributed by atoms with Gasteiger partial charge in [-0.25, -0.2) is 17.2 Å². The van der Waals surface area contributed by atoms with Crippen molar-refractivity contribution in [1.82, 2.24) is 3.97 Å². The molecule has 0 bridgehead atoms. The van der Waals surface area contributed by atoms with Gasteiger partial charge in [-0.2, -0.15) is 0 Å². The third-order valence-corrected chi connectivity index (χ3v) is 7.89. The number of aromatic nitrogens is 1. The summed E-state index contributed by atoms with van der Waals surface area (Å²) >= 11 is 12.8. The molecule has 0 saturated carbocycles. The second kappa shape index (κ2) is 10.4. The molecule has 1 amide bonds. The standard InChI is InChI=1S/C27H22Cl2N2O5S/c1-3-36-27(33)25-21(15-20(26(30)32)17-7-5-4-6-8-17)24-22(29)13-18(28)14-23(24)31(25)37(34,35)19-11-9-16(2)10-12-19/h4-15H,3H2,1-2H3,(H2,30,32)/b20-15+. The number of carbonyl (C=O) groups excluding carboxylic acids is 2. The van der Waals surface area contributed by atoms with E-state index in [9.17, 15) is 18.0 Å². The number of halogens is 2. The maximum atomic E-state index is 14.0. The number of fused-ring (bicyclic) bond motifs is 1. The molecule has 0 fully saturated rings. The zero-order valence-electron chi connectivity index (χ0n) is 19.9. The zero-order chi connectivity index (χ0) is 26.9. The average molecular weight is 557 g/mol. The third kappa shape index (κ3) is 5.00. The van der Waals surface area contributed by atoms with Crippen molar-refractivity contribution in [3.8, 4) is 0 Å². The summed E-state index contributed by atoms with van der Waals surface area (Å²) in [7, 11) is -4.36. The fourth-order valence-corrected chi connectivity index (χ4v) is 6.08. The lowest BCUT2D eigenvalue weighted by atomic mass is 10.0. The smallest absolute Gasteiger partial charge is 0.356 e. The third-order valence-electron chi connectivity index (χ3n) is 5.65. The number of rotatable bonds is 7.